The van der Waals surface area contributed by atoms with E-state index in [1.54, 1.807) is 0 Å². The topological polar surface area (TPSA) is 37.3 Å². The predicted molar refractivity (Wildman–Crippen MR) is 89.4 cm³/mol. The Bertz CT molecular complexity index is 627. The number of aromatic hydroxyl groups is 1. The third kappa shape index (κ3) is 2.03. The molecule has 3 rings (SSSR count). The molecule has 0 aromatic heterocycles. The van der Waals surface area contributed by atoms with E-state index >= 15 is 0 Å². The van der Waals surface area contributed by atoms with Crippen LogP contribution in [0.25, 0.3) is 0 Å². The van der Waals surface area contributed by atoms with Crippen LogP contribution in [-0.4, -0.2) is 10.9 Å². The van der Waals surface area contributed by atoms with Gasteiger partial charge in [0, 0.05) is 6.42 Å². The molecule has 0 heterocycles. The lowest BCUT2D eigenvalue weighted by atomic mass is 9.50. The molecule has 0 radical (unpaired) electrons. The van der Waals surface area contributed by atoms with Gasteiger partial charge in [-0.1, -0.05) is 33.8 Å². The molecule has 2 aliphatic carbocycles. The van der Waals surface area contributed by atoms with Crippen LogP contribution in [0.5, 0.6) is 5.75 Å². The van der Waals surface area contributed by atoms with E-state index < -0.39 is 5.41 Å². The van der Waals surface area contributed by atoms with Gasteiger partial charge in [-0.15, -0.1) is 0 Å². The summed E-state index contributed by atoms with van der Waals surface area (Å²) in [5.41, 5.74) is 3.12. The number of carbonyl (C=O) groups excluding carboxylic acids is 1. The second kappa shape index (κ2) is 4.84. The van der Waals surface area contributed by atoms with E-state index in [1.807, 2.05) is 6.07 Å². The van der Waals surface area contributed by atoms with Gasteiger partial charge in [0.15, 0.2) is 0 Å². The summed E-state index contributed by atoms with van der Waals surface area (Å²) in [6.07, 6.45) is 3.74. The van der Waals surface area contributed by atoms with Crippen molar-refractivity contribution in [1.29, 1.82) is 0 Å². The number of hydrogen-bond acceptors (Lipinski definition) is 2. The molecule has 2 heteroatoms. The maximum atomic E-state index is 12.8. The molecular formula is C20H28O2. The van der Waals surface area contributed by atoms with Crippen molar-refractivity contribution in [2.24, 2.45) is 11.3 Å². The lowest BCUT2D eigenvalue weighted by Crippen LogP contribution is -2.53. The van der Waals surface area contributed by atoms with E-state index in [2.05, 4.69) is 40.7 Å². The Morgan fingerprint density at radius 2 is 1.86 bits per heavy atom. The molecule has 1 fully saturated rings. The summed E-state index contributed by atoms with van der Waals surface area (Å²) in [5, 5.41) is 10.4. The Morgan fingerprint density at radius 3 is 2.50 bits per heavy atom. The highest BCUT2D eigenvalue weighted by molar-refractivity contribution is 5.92. The molecule has 120 valence electrons. The maximum Gasteiger partial charge on any atom is 0.143 e. The Kier molecular flexibility index (Phi) is 3.43. The summed E-state index contributed by atoms with van der Waals surface area (Å²) < 4.78 is 0. The second-order valence-corrected chi connectivity index (χ2v) is 8.43. The highest BCUT2D eigenvalue weighted by atomic mass is 16.3. The van der Waals surface area contributed by atoms with Crippen molar-refractivity contribution in [1.82, 2.24) is 0 Å². The first-order valence-corrected chi connectivity index (χ1v) is 8.57. The molecule has 1 saturated carbocycles. The Labute approximate surface area is 133 Å². The number of fused-ring (bicyclic) bond motifs is 3. The fourth-order valence-electron chi connectivity index (χ4n) is 4.97. The molecule has 0 unspecified atom stereocenters. The molecule has 2 atom stereocenters. The number of Topliss-reactive ketones (excluding diaryl/α,β-unsaturated/α-hetero) is 1. The summed E-state index contributed by atoms with van der Waals surface area (Å²) in [4.78, 5) is 12.8. The number of aryl methyl sites for hydroxylation is 1. The Hall–Kier alpha value is -1.31. The summed E-state index contributed by atoms with van der Waals surface area (Å²) >= 11 is 0. The van der Waals surface area contributed by atoms with Gasteiger partial charge in [0.2, 0.25) is 0 Å². The zero-order valence-electron chi connectivity index (χ0n) is 14.5. The number of carbonyl (C=O) groups is 1. The molecule has 2 nitrogen and oxygen atoms in total. The minimum absolute atomic E-state index is 0.187. The molecule has 0 saturated heterocycles. The van der Waals surface area contributed by atoms with E-state index in [0.29, 0.717) is 29.8 Å². The predicted octanol–water partition coefficient (Wildman–Crippen LogP) is 4.72. The van der Waals surface area contributed by atoms with E-state index in [9.17, 15) is 9.90 Å². The van der Waals surface area contributed by atoms with Crippen LogP contribution in [0.2, 0.25) is 0 Å². The summed E-state index contributed by atoms with van der Waals surface area (Å²) in [7, 11) is 0. The second-order valence-electron chi connectivity index (χ2n) is 8.43. The fraction of sp³-hybridized carbons (Fsp3) is 0.650. The highest BCUT2D eigenvalue weighted by Crippen LogP contribution is 2.56. The molecule has 22 heavy (non-hydrogen) atoms. The number of hydrogen-bond donors (Lipinski definition) is 1. The molecule has 2 aliphatic rings. The van der Waals surface area contributed by atoms with Gasteiger partial charge in [-0.05, 0) is 66.2 Å². The van der Waals surface area contributed by atoms with Crippen molar-refractivity contribution < 1.29 is 9.90 Å². The third-order valence-corrected chi connectivity index (χ3v) is 6.35. The number of ketones is 1. The van der Waals surface area contributed by atoms with Crippen LogP contribution in [0.1, 0.15) is 76.5 Å². The van der Waals surface area contributed by atoms with E-state index in [1.165, 1.54) is 5.56 Å². The van der Waals surface area contributed by atoms with E-state index in [0.717, 1.165) is 30.4 Å². The average molecular weight is 300 g/mol. The fourth-order valence-corrected chi connectivity index (χ4v) is 4.97. The van der Waals surface area contributed by atoms with Crippen molar-refractivity contribution >= 4 is 5.78 Å². The molecule has 0 amide bonds. The van der Waals surface area contributed by atoms with Crippen LogP contribution in [0.4, 0.5) is 0 Å². The Morgan fingerprint density at radius 1 is 1.18 bits per heavy atom. The molecule has 0 bridgehead atoms. The van der Waals surface area contributed by atoms with Crippen LogP contribution in [-0.2, 0) is 16.6 Å². The monoisotopic (exact) mass is 300 g/mol. The van der Waals surface area contributed by atoms with Gasteiger partial charge >= 0.3 is 0 Å². The van der Waals surface area contributed by atoms with Crippen molar-refractivity contribution in [2.45, 2.75) is 71.6 Å². The maximum absolute atomic E-state index is 12.8. The van der Waals surface area contributed by atoms with Crippen LogP contribution < -0.4 is 0 Å². The SMILES string of the molecule is CC(C)c1cc2c(cc1O)[C@@]1(C)C(=O)CCC(C)(C)[C@H]1CC2. The van der Waals surface area contributed by atoms with Crippen molar-refractivity contribution in [3.63, 3.8) is 0 Å². The van der Waals surface area contributed by atoms with Crippen molar-refractivity contribution in [2.75, 3.05) is 0 Å². The lowest BCUT2D eigenvalue weighted by molar-refractivity contribution is -0.134. The standard InChI is InChI=1S/C20H28O2/c1-12(2)14-10-13-6-7-17-19(3,4)9-8-18(22)20(17,5)15(13)11-16(14)21/h10-12,17,21H,6-9H2,1-5H3/t17-,20-/m1/s1. The smallest absolute Gasteiger partial charge is 0.143 e. The molecule has 0 spiro atoms. The van der Waals surface area contributed by atoms with Crippen molar-refractivity contribution in [3.05, 3.63) is 28.8 Å². The lowest BCUT2D eigenvalue weighted by Gasteiger charge is -2.53. The molecular weight excluding hydrogens is 272 g/mol. The summed E-state index contributed by atoms with van der Waals surface area (Å²) in [6.45, 7) is 10.9. The van der Waals surface area contributed by atoms with Gasteiger partial charge in [-0.2, -0.15) is 0 Å². The van der Waals surface area contributed by atoms with Crippen molar-refractivity contribution in [3.8, 4) is 5.75 Å². The summed E-state index contributed by atoms with van der Waals surface area (Å²) in [5.74, 6) is 1.38. The molecule has 1 N–H and O–H groups in total. The first kappa shape index (κ1) is 15.6. The van der Waals surface area contributed by atoms with Crippen LogP contribution in [0.15, 0.2) is 12.1 Å². The minimum Gasteiger partial charge on any atom is -0.508 e. The van der Waals surface area contributed by atoms with Gasteiger partial charge in [-0.3, -0.25) is 4.79 Å². The minimum atomic E-state index is -0.428. The van der Waals surface area contributed by atoms with Gasteiger partial charge < -0.3 is 5.11 Å². The van der Waals surface area contributed by atoms with Crippen LogP contribution >= 0.6 is 0 Å². The van der Waals surface area contributed by atoms with Gasteiger partial charge in [0.25, 0.3) is 0 Å². The van der Waals surface area contributed by atoms with E-state index in [4.69, 9.17) is 0 Å². The number of phenols is 1. The van der Waals surface area contributed by atoms with Crippen LogP contribution in [0, 0.1) is 11.3 Å². The van der Waals surface area contributed by atoms with Crippen LogP contribution in [0.3, 0.4) is 0 Å². The van der Waals surface area contributed by atoms with Gasteiger partial charge in [0.1, 0.15) is 11.5 Å². The normalized spacial score (nSPS) is 30.1. The number of phenolic OH excluding ortho intramolecular Hbond substituents is 1. The summed E-state index contributed by atoms with van der Waals surface area (Å²) in [6, 6.07) is 4.04. The zero-order valence-corrected chi connectivity index (χ0v) is 14.5. The quantitative estimate of drug-likeness (QED) is 0.814. The van der Waals surface area contributed by atoms with E-state index in [-0.39, 0.29) is 5.41 Å². The highest BCUT2D eigenvalue weighted by Gasteiger charge is 2.54. The van der Waals surface area contributed by atoms with Gasteiger partial charge in [-0.25, -0.2) is 0 Å². The molecule has 1 aromatic carbocycles. The zero-order chi connectivity index (χ0) is 16.3. The number of benzene rings is 1. The third-order valence-electron chi connectivity index (χ3n) is 6.35. The van der Waals surface area contributed by atoms with Gasteiger partial charge in [0.05, 0.1) is 5.41 Å². The number of rotatable bonds is 1. The first-order valence-electron chi connectivity index (χ1n) is 8.57. The Balaban J connectivity index is 2.19. The average Bonchev–Trinajstić information content (AvgIpc) is 2.43. The molecule has 0 aliphatic heterocycles. The largest absolute Gasteiger partial charge is 0.508 e. The first-order chi connectivity index (χ1) is 10.2. The molecule has 1 aromatic rings.